The highest BCUT2D eigenvalue weighted by molar-refractivity contribution is 5.36. The van der Waals surface area contributed by atoms with Crippen molar-refractivity contribution in [3.8, 4) is 5.75 Å². The van der Waals surface area contributed by atoms with Crippen LogP contribution in [-0.4, -0.2) is 6.61 Å². The van der Waals surface area contributed by atoms with Crippen LogP contribution in [-0.2, 0) is 0 Å². The van der Waals surface area contributed by atoms with Crippen molar-refractivity contribution in [3.05, 3.63) is 35.7 Å². The summed E-state index contributed by atoms with van der Waals surface area (Å²) in [5.41, 5.74) is 1.16. The molecule has 15 heavy (non-hydrogen) atoms. The number of benzene rings is 1. The van der Waals surface area contributed by atoms with Gasteiger partial charge in [0.1, 0.15) is 5.75 Å². The Morgan fingerprint density at radius 3 is 2.13 bits per heavy atom. The van der Waals surface area contributed by atoms with Gasteiger partial charge in [0.2, 0.25) is 0 Å². The molecule has 0 heterocycles. The molecule has 0 bridgehead atoms. The second-order valence-corrected chi connectivity index (χ2v) is 3.71. The molecule has 1 fully saturated rings. The van der Waals surface area contributed by atoms with E-state index in [2.05, 4.69) is 4.74 Å². The lowest BCUT2D eigenvalue weighted by molar-refractivity contribution is -0.0498. The lowest BCUT2D eigenvalue weighted by Gasteiger charge is -2.09. The van der Waals surface area contributed by atoms with Gasteiger partial charge in [-0.2, -0.15) is 8.78 Å². The summed E-state index contributed by atoms with van der Waals surface area (Å²) in [4.78, 5) is 0. The molecule has 1 aliphatic rings. The smallest absolute Gasteiger partial charge is 0.387 e. The van der Waals surface area contributed by atoms with Crippen LogP contribution >= 0.6 is 0 Å². The third-order valence-corrected chi connectivity index (χ3v) is 2.69. The van der Waals surface area contributed by atoms with Crippen LogP contribution in [0.3, 0.4) is 0 Å². The van der Waals surface area contributed by atoms with Crippen LogP contribution < -0.4 is 4.74 Å². The molecule has 1 saturated carbocycles. The van der Waals surface area contributed by atoms with Gasteiger partial charge in [-0.25, -0.2) is 0 Å². The first-order valence-electron chi connectivity index (χ1n) is 5.15. The van der Waals surface area contributed by atoms with Crippen molar-refractivity contribution in [1.82, 2.24) is 0 Å². The molecular weight excluding hydrogens is 198 g/mol. The van der Waals surface area contributed by atoms with E-state index in [-0.39, 0.29) is 5.75 Å². The van der Waals surface area contributed by atoms with E-state index in [1.807, 2.05) is 12.1 Å². The Labute approximate surface area is 88.1 Å². The molecular formula is C12H13F2O. The largest absolute Gasteiger partial charge is 0.435 e. The maximum Gasteiger partial charge on any atom is 0.387 e. The molecule has 0 aliphatic heterocycles. The molecule has 1 nitrogen and oxygen atoms in total. The lowest BCUT2D eigenvalue weighted by atomic mass is 9.98. The predicted molar refractivity (Wildman–Crippen MR) is 53.9 cm³/mol. The molecule has 81 valence electrons. The summed E-state index contributed by atoms with van der Waals surface area (Å²) in [7, 11) is 0. The van der Waals surface area contributed by atoms with Crippen molar-refractivity contribution in [2.45, 2.75) is 32.3 Å². The van der Waals surface area contributed by atoms with Gasteiger partial charge in [0, 0.05) is 5.92 Å². The molecule has 3 heteroatoms. The van der Waals surface area contributed by atoms with Crippen LogP contribution in [0.2, 0.25) is 0 Å². The Bertz CT molecular complexity index is 302. The lowest BCUT2D eigenvalue weighted by Crippen LogP contribution is -2.02. The molecule has 0 spiro atoms. The average Bonchev–Trinajstić information content (AvgIpc) is 2.71. The monoisotopic (exact) mass is 211 g/mol. The van der Waals surface area contributed by atoms with Crippen molar-refractivity contribution in [3.63, 3.8) is 0 Å². The minimum absolute atomic E-state index is 0.229. The summed E-state index contributed by atoms with van der Waals surface area (Å²) in [6.45, 7) is -2.74. The Morgan fingerprint density at radius 2 is 1.60 bits per heavy atom. The molecule has 1 aromatic carbocycles. The first-order valence-corrected chi connectivity index (χ1v) is 5.15. The van der Waals surface area contributed by atoms with Gasteiger partial charge >= 0.3 is 6.61 Å². The van der Waals surface area contributed by atoms with Gasteiger partial charge in [0.05, 0.1) is 0 Å². The summed E-state index contributed by atoms with van der Waals surface area (Å²) in [5, 5.41) is 0. The number of hydrogen-bond acceptors (Lipinski definition) is 1. The second kappa shape index (κ2) is 4.60. The summed E-state index contributed by atoms with van der Waals surface area (Å²) in [6, 6.07) is 6.93. The third-order valence-electron chi connectivity index (χ3n) is 2.69. The molecule has 0 saturated heterocycles. The highest BCUT2D eigenvalue weighted by Crippen LogP contribution is 2.33. The van der Waals surface area contributed by atoms with E-state index in [0.29, 0.717) is 0 Å². The van der Waals surface area contributed by atoms with Gasteiger partial charge in [0.25, 0.3) is 0 Å². The maximum atomic E-state index is 11.9. The van der Waals surface area contributed by atoms with E-state index < -0.39 is 6.61 Å². The summed E-state index contributed by atoms with van der Waals surface area (Å²) >= 11 is 0. The van der Waals surface area contributed by atoms with Gasteiger partial charge in [-0.15, -0.1) is 0 Å². The Morgan fingerprint density at radius 1 is 1.00 bits per heavy atom. The van der Waals surface area contributed by atoms with Gasteiger partial charge in [-0.1, -0.05) is 25.0 Å². The fourth-order valence-electron chi connectivity index (χ4n) is 1.96. The number of hydrogen-bond donors (Lipinski definition) is 0. The summed E-state index contributed by atoms with van der Waals surface area (Å²) in [5.74, 6) is 1.66. The first kappa shape index (κ1) is 10.4. The normalized spacial score (nSPS) is 17.3. The van der Waals surface area contributed by atoms with Gasteiger partial charge < -0.3 is 4.74 Å². The molecule has 1 radical (unpaired) electrons. The first-order chi connectivity index (χ1) is 7.25. The zero-order valence-corrected chi connectivity index (χ0v) is 8.38. The number of alkyl halides is 2. The minimum Gasteiger partial charge on any atom is -0.435 e. The van der Waals surface area contributed by atoms with Crippen LogP contribution in [0.5, 0.6) is 5.75 Å². The minimum atomic E-state index is -2.74. The van der Waals surface area contributed by atoms with Crippen molar-refractivity contribution >= 4 is 0 Å². The Hall–Kier alpha value is -1.12. The van der Waals surface area contributed by atoms with E-state index in [1.54, 1.807) is 12.1 Å². The standard InChI is InChI=1S/C12H13F2O/c13-12(14)15-11-7-5-10(6-8-11)9-3-1-2-4-9/h5-8,12H,1-4H2. The summed E-state index contributed by atoms with van der Waals surface area (Å²) in [6.07, 6.45) is 4.75. The number of ether oxygens (including phenoxy) is 1. The van der Waals surface area contributed by atoms with Crippen molar-refractivity contribution in [2.75, 3.05) is 0 Å². The number of rotatable bonds is 3. The van der Waals surface area contributed by atoms with E-state index >= 15 is 0 Å². The fourth-order valence-corrected chi connectivity index (χ4v) is 1.96. The number of halogens is 2. The topological polar surface area (TPSA) is 9.23 Å². The molecule has 0 aromatic heterocycles. The average molecular weight is 211 g/mol. The maximum absolute atomic E-state index is 11.9. The van der Waals surface area contributed by atoms with Crippen LogP contribution in [0, 0.1) is 5.92 Å². The zero-order valence-electron chi connectivity index (χ0n) is 8.38. The SMILES string of the molecule is FC(F)Oc1ccc([C]2CCCC2)cc1. The van der Waals surface area contributed by atoms with Crippen LogP contribution in [0.25, 0.3) is 0 Å². The van der Waals surface area contributed by atoms with Crippen LogP contribution in [0.1, 0.15) is 31.2 Å². The van der Waals surface area contributed by atoms with Crippen LogP contribution in [0.4, 0.5) is 8.78 Å². The molecule has 2 rings (SSSR count). The molecule has 0 atom stereocenters. The van der Waals surface area contributed by atoms with Gasteiger partial charge in [0.15, 0.2) is 0 Å². The molecule has 0 amide bonds. The molecule has 1 aromatic rings. The predicted octanol–water partition coefficient (Wildman–Crippen LogP) is 3.78. The molecule has 0 N–H and O–H groups in total. The quantitative estimate of drug-likeness (QED) is 0.739. The molecule has 0 unspecified atom stereocenters. The van der Waals surface area contributed by atoms with Crippen LogP contribution in [0.15, 0.2) is 24.3 Å². The zero-order chi connectivity index (χ0) is 10.7. The second-order valence-electron chi connectivity index (χ2n) is 3.71. The van der Waals surface area contributed by atoms with E-state index in [9.17, 15) is 8.78 Å². The Kier molecular flexibility index (Phi) is 3.19. The highest BCUT2D eigenvalue weighted by atomic mass is 19.3. The van der Waals surface area contributed by atoms with Gasteiger partial charge in [-0.05, 0) is 30.5 Å². The highest BCUT2D eigenvalue weighted by Gasteiger charge is 2.17. The van der Waals surface area contributed by atoms with E-state index in [4.69, 9.17) is 0 Å². The fraction of sp³-hybridized carbons (Fsp3) is 0.417. The van der Waals surface area contributed by atoms with E-state index in [1.165, 1.54) is 18.8 Å². The van der Waals surface area contributed by atoms with Crippen molar-refractivity contribution in [2.24, 2.45) is 0 Å². The molecule has 1 aliphatic carbocycles. The van der Waals surface area contributed by atoms with Crippen molar-refractivity contribution < 1.29 is 13.5 Å². The third kappa shape index (κ3) is 2.67. The van der Waals surface area contributed by atoms with Crippen molar-refractivity contribution in [1.29, 1.82) is 0 Å². The Balaban J connectivity index is 2.03. The van der Waals surface area contributed by atoms with Gasteiger partial charge in [-0.3, -0.25) is 0 Å². The van der Waals surface area contributed by atoms with E-state index in [0.717, 1.165) is 18.4 Å². The summed E-state index contributed by atoms with van der Waals surface area (Å²) < 4.78 is 28.1.